The summed E-state index contributed by atoms with van der Waals surface area (Å²) in [6, 6.07) is 4.28. The minimum absolute atomic E-state index is 0.0295. The Morgan fingerprint density at radius 3 is 2.09 bits per heavy atom. The second kappa shape index (κ2) is 31.0. The van der Waals surface area contributed by atoms with Gasteiger partial charge in [-0.1, -0.05) is 97.2 Å². The molecule has 9 atom stereocenters. The lowest BCUT2D eigenvalue weighted by atomic mass is 9.89. The van der Waals surface area contributed by atoms with Crippen LogP contribution in [-0.4, -0.2) is 169 Å². The molecule has 0 radical (unpaired) electrons. The molecule has 18 nitrogen and oxygen atoms in total. The summed E-state index contributed by atoms with van der Waals surface area (Å²) in [6.07, 6.45) is 13.9. The largest absolute Gasteiger partial charge is 0.480 e. The van der Waals surface area contributed by atoms with Crippen molar-refractivity contribution < 1.29 is 52.9 Å². The molecular weight excluding hydrogens is 983 g/mol. The number of carboxylic acid groups (broad SMARTS) is 1. The van der Waals surface area contributed by atoms with Crippen molar-refractivity contribution in [3.8, 4) is 0 Å². The molecule has 3 aliphatic rings. The van der Waals surface area contributed by atoms with Gasteiger partial charge >= 0.3 is 5.97 Å². The molecular formula is C59H91N7O11. The number of anilines is 1. The Bertz CT molecular complexity index is 2250. The van der Waals surface area contributed by atoms with Crippen molar-refractivity contribution >= 4 is 53.0 Å². The smallest absolute Gasteiger partial charge is 0.326 e. The highest BCUT2D eigenvalue weighted by atomic mass is 16.5. The van der Waals surface area contributed by atoms with E-state index in [1.807, 2.05) is 96.0 Å². The highest BCUT2D eigenvalue weighted by Gasteiger charge is 2.43. The fourth-order valence-electron chi connectivity index (χ4n) is 11.1. The van der Waals surface area contributed by atoms with Gasteiger partial charge in [0.1, 0.15) is 12.1 Å². The molecule has 1 aliphatic carbocycles. The van der Waals surface area contributed by atoms with Crippen LogP contribution in [0.15, 0.2) is 60.2 Å². The van der Waals surface area contributed by atoms with Crippen LogP contribution in [0.2, 0.25) is 0 Å². The van der Waals surface area contributed by atoms with Gasteiger partial charge in [-0.3, -0.25) is 43.4 Å². The van der Waals surface area contributed by atoms with Crippen molar-refractivity contribution in [1.29, 1.82) is 0 Å². The second-order valence-electron chi connectivity index (χ2n) is 22.2. The normalized spacial score (nSPS) is 18.7. The van der Waals surface area contributed by atoms with Crippen LogP contribution in [-0.2, 0) is 54.3 Å². The van der Waals surface area contributed by atoms with Crippen molar-refractivity contribution in [2.24, 2.45) is 23.7 Å². The quantitative estimate of drug-likeness (QED) is 0.0534. The number of unbranched alkanes of at least 4 members (excludes halogenated alkanes) is 2. The molecule has 0 unspecified atom stereocenters. The molecule has 1 aromatic carbocycles. The summed E-state index contributed by atoms with van der Waals surface area (Å²) in [5, 5.41) is 15.9. The monoisotopic (exact) mass is 1070 g/mol. The third-order valence-electron chi connectivity index (χ3n) is 15.8. The van der Waals surface area contributed by atoms with Crippen LogP contribution in [0.25, 0.3) is 0 Å². The van der Waals surface area contributed by atoms with Gasteiger partial charge in [0.2, 0.25) is 29.5 Å². The molecule has 1 fully saturated rings. The van der Waals surface area contributed by atoms with E-state index in [0.717, 1.165) is 29.7 Å². The summed E-state index contributed by atoms with van der Waals surface area (Å²) in [5.41, 5.74) is 2.74. The molecule has 0 aromatic heterocycles. The molecule has 428 valence electrons. The number of nitrogens with zero attached hydrogens (tertiary/aromatic N) is 5. The predicted octanol–water partition coefficient (Wildman–Crippen LogP) is 6.32. The maximum absolute atomic E-state index is 14.8. The first-order valence-electron chi connectivity index (χ1n) is 27.9. The molecule has 1 aromatic rings. The molecule has 7 amide bonds. The fraction of sp³-hybridized carbons (Fsp3) is 0.661. The van der Waals surface area contributed by atoms with Crippen LogP contribution in [0.4, 0.5) is 5.69 Å². The van der Waals surface area contributed by atoms with Gasteiger partial charge in [-0.15, -0.1) is 0 Å². The van der Waals surface area contributed by atoms with Crippen molar-refractivity contribution in [2.45, 2.75) is 174 Å². The predicted molar refractivity (Wildman–Crippen MR) is 297 cm³/mol. The molecule has 2 heterocycles. The van der Waals surface area contributed by atoms with E-state index in [9.17, 15) is 43.5 Å². The van der Waals surface area contributed by atoms with Crippen LogP contribution in [0.1, 0.15) is 131 Å². The Kier molecular flexibility index (Phi) is 25.7. The number of benzene rings is 1. The average molecular weight is 1070 g/mol. The Hall–Kier alpha value is -5.72. The lowest BCUT2D eigenvalue weighted by Gasteiger charge is -2.41. The lowest BCUT2D eigenvalue weighted by Crippen LogP contribution is -2.59. The molecule has 2 aliphatic heterocycles. The van der Waals surface area contributed by atoms with Crippen molar-refractivity contribution in [3.05, 3.63) is 65.8 Å². The van der Waals surface area contributed by atoms with E-state index in [0.29, 0.717) is 77.4 Å². The summed E-state index contributed by atoms with van der Waals surface area (Å²) >= 11 is 0. The maximum Gasteiger partial charge on any atom is 0.326 e. The van der Waals surface area contributed by atoms with E-state index in [2.05, 4.69) is 10.6 Å². The van der Waals surface area contributed by atoms with Gasteiger partial charge in [-0.2, -0.15) is 0 Å². The Morgan fingerprint density at radius 1 is 0.857 bits per heavy atom. The first kappa shape index (κ1) is 63.8. The number of likely N-dealkylation sites (tertiary alicyclic amines) is 1. The van der Waals surface area contributed by atoms with E-state index in [1.54, 1.807) is 35.7 Å². The molecule has 0 bridgehead atoms. The first-order valence-corrected chi connectivity index (χ1v) is 27.9. The van der Waals surface area contributed by atoms with E-state index >= 15 is 0 Å². The number of rotatable bonds is 32. The number of ether oxygens (including phenoxy) is 2. The van der Waals surface area contributed by atoms with Crippen molar-refractivity contribution in [3.63, 3.8) is 0 Å². The van der Waals surface area contributed by atoms with E-state index in [1.165, 1.54) is 31.3 Å². The van der Waals surface area contributed by atoms with Crippen LogP contribution < -0.4 is 15.5 Å². The minimum Gasteiger partial charge on any atom is -0.480 e. The van der Waals surface area contributed by atoms with Gasteiger partial charge in [0.25, 0.3) is 11.8 Å². The van der Waals surface area contributed by atoms with E-state index < -0.39 is 60.2 Å². The zero-order valence-electron chi connectivity index (χ0n) is 48.1. The number of carbonyl (C=O) groups is 8. The molecule has 18 heteroatoms. The molecule has 0 saturated carbocycles. The topological polar surface area (TPSA) is 216 Å². The number of hydrogen-bond donors (Lipinski definition) is 3. The maximum atomic E-state index is 14.8. The standard InChI is InChI=1S/C59H91N7O11/c1-13-40(6)54(48(76-11)37-52(70)65-33-20-23-47(65)55(77-12)41(7)56(71)61-46(59(74)75)36-43-21-16-14-17-22-43)64(10)58(73)45(35-38(2)3)60-57(72)53(39(4)5)62(8)34-31-42-25-27-44(28-26-42)63(9)49(67)24-18-15-19-32-66-50(68)29-30-51(66)69/h14,16,21,25-30,38-41,45-48,53-55H,13,15,17-20,22-24,31-37H2,1-12H3,(H,60,72)(H,61,71)(H,74,75)/t40-,41+,45-,46-,47-,48+,53-,54-,55+/m0/s1. The van der Waals surface area contributed by atoms with E-state index in [-0.39, 0.29) is 66.0 Å². The Morgan fingerprint density at radius 2 is 1.52 bits per heavy atom. The van der Waals surface area contributed by atoms with Crippen LogP contribution >= 0.6 is 0 Å². The SMILES string of the molecule is CC[C@H](C)[C@@H]([C@@H](CC(=O)N1CCC[C@H]1[C@H](OC)[C@@H](C)C(=O)N[C@@H](CC1=CC=CCC1)C(=O)O)OC)N(C)C(=O)[C@H](CC(C)C)NC(=O)[C@H](C(C)C)N(C)CCc1ccc(N(C)C(=O)CCCCCN2C(=O)C=CC2=O)cc1. The van der Waals surface area contributed by atoms with Crippen molar-refractivity contribution in [1.82, 2.24) is 30.2 Å². The third-order valence-corrected chi connectivity index (χ3v) is 15.8. The molecule has 1 saturated heterocycles. The Balaban J connectivity index is 1.38. The first-order chi connectivity index (χ1) is 36.5. The third kappa shape index (κ3) is 18.2. The zero-order valence-corrected chi connectivity index (χ0v) is 48.1. The second-order valence-corrected chi connectivity index (χ2v) is 22.2. The number of methoxy groups -OCH3 is 2. The zero-order chi connectivity index (χ0) is 57.1. The number of amides is 7. The van der Waals surface area contributed by atoms with Crippen LogP contribution in [0.3, 0.4) is 0 Å². The summed E-state index contributed by atoms with van der Waals surface area (Å²) < 4.78 is 12.1. The summed E-state index contributed by atoms with van der Waals surface area (Å²) in [4.78, 5) is 114. The number of likely N-dealkylation sites (N-methyl/N-ethyl adjacent to an activating group) is 2. The van der Waals surface area contributed by atoms with Gasteiger partial charge in [0, 0.05) is 72.2 Å². The van der Waals surface area contributed by atoms with Crippen molar-refractivity contribution in [2.75, 3.05) is 59.9 Å². The number of carboxylic acids is 1. The Labute approximate surface area is 458 Å². The number of allylic oxidation sites excluding steroid dienone is 3. The molecule has 4 rings (SSSR count). The van der Waals surface area contributed by atoms with Gasteiger partial charge in [-0.05, 0) is 100 Å². The number of nitrogens with one attached hydrogen (secondary N) is 2. The minimum atomic E-state index is -1.12. The van der Waals surface area contributed by atoms with Crippen LogP contribution in [0, 0.1) is 23.7 Å². The van der Waals surface area contributed by atoms with Gasteiger partial charge in [0.15, 0.2) is 0 Å². The van der Waals surface area contributed by atoms with Gasteiger partial charge in [0.05, 0.1) is 42.7 Å². The summed E-state index contributed by atoms with van der Waals surface area (Å²) in [5.74, 6) is -3.86. The number of imide groups is 1. The molecule has 3 N–H and O–H groups in total. The number of carbonyl (C=O) groups excluding carboxylic acids is 7. The fourth-order valence-corrected chi connectivity index (χ4v) is 11.1. The highest BCUT2D eigenvalue weighted by molar-refractivity contribution is 6.12. The van der Waals surface area contributed by atoms with Gasteiger partial charge < -0.3 is 39.9 Å². The van der Waals surface area contributed by atoms with Gasteiger partial charge in [-0.25, -0.2) is 4.79 Å². The number of aliphatic carboxylic acids is 1. The van der Waals surface area contributed by atoms with Crippen LogP contribution in [0.5, 0.6) is 0 Å². The average Bonchev–Trinajstić information content (AvgIpc) is 4.02. The number of hydrogen-bond acceptors (Lipinski definition) is 11. The summed E-state index contributed by atoms with van der Waals surface area (Å²) in [6.45, 7) is 15.1. The molecule has 77 heavy (non-hydrogen) atoms. The summed E-state index contributed by atoms with van der Waals surface area (Å²) in [7, 11) is 8.41. The highest BCUT2D eigenvalue weighted by Crippen LogP contribution is 2.30. The molecule has 0 spiro atoms. The van der Waals surface area contributed by atoms with E-state index in [4.69, 9.17) is 9.47 Å². The lowest BCUT2D eigenvalue weighted by molar-refractivity contribution is -0.148.